The summed E-state index contributed by atoms with van der Waals surface area (Å²) >= 11 is 0. The summed E-state index contributed by atoms with van der Waals surface area (Å²) in [5.74, 6) is -0.329. The van der Waals surface area contributed by atoms with Crippen LogP contribution < -0.4 is 4.90 Å². The Hall–Kier alpha value is -3.26. The number of hydrogen-bond donors (Lipinski definition) is 2. The molecule has 1 aliphatic rings. The molecule has 0 spiro atoms. The van der Waals surface area contributed by atoms with Crippen LogP contribution in [0.5, 0.6) is 5.75 Å². The van der Waals surface area contributed by atoms with Crippen molar-refractivity contribution in [3.05, 3.63) is 47.8 Å². The number of phenols is 1. The monoisotopic (exact) mass is 466 g/mol. The molecule has 3 aromatic rings. The normalized spacial score (nSPS) is 15.6. The third-order valence-corrected chi connectivity index (χ3v) is 6.03. The van der Waals surface area contributed by atoms with Gasteiger partial charge < -0.3 is 20.0 Å². The molecule has 1 fully saturated rings. The van der Waals surface area contributed by atoms with Crippen LogP contribution in [0, 0.1) is 18.2 Å². The van der Waals surface area contributed by atoms with Crippen molar-refractivity contribution in [2.75, 3.05) is 31.1 Å². The lowest BCUT2D eigenvalue weighted by Gasteiger charge is -2.37. The van der Waals surface area contributed by atoms with Gasteiger partial charge in [0.25, 0.3) is 5.91 Å². The molecule has 0 bridgehead atoms. The van der Waals surface area contributed by atoms with Crippen LogP contribution in [0.2, 0.25) is 0 Å². The molecular weight excluding hydrogens is 435 g/mol. The number of aliphatic hydroxyl groups is 1. The van der Waals surface area contributed by atoms with Crippen LogP contribution >= 0.6 is 0 Å². The highest BCUT2D eigenvalue weighted by atomic mass is 19.1. The van der Waals surface area contributed by atoms with E-state index in [0.29, 0.717) is 43.9 Å². The summed E-state index contributed by atoms with van der Waals surface area (Å²) in [6.45, 7) is 9.84. The topological polar surface area (TPSA) is 89.8 Å². The molecule has 34 heavy (non-hydrogen) atoms. The Morgan fingerprint density at radius 3 is 2.47 bits per heavy atom. The number of carbonyl (C=O) groups excluding carboxylic acids is 1. The lowest BCUT2D eigenvalue weighted by Crippen LogP contribution is -2.52. The zero-order valence-electron chi connectivity index (χ0n) is 20.0. The molecule has 2 aromatic carbocycles. The SMILES string of the molecule is Cc1ccc2c(N3CCN(C(=O)[C@@H](O)CC(C)(C)C)CC3)nc(-c3c(O)cccc3F)nc2c1. The summed E-state index contributed by atoms with van der Waals surface area (Å²) in [5, 5.41) is 21.5. The number of benzene rings is 2. The van der Waals surface area contributed by atoms with Crippen LogP contribution in [0.1, 0.15) is 32.8 Å². The molecule has 1 saturated heterocycles. The van der Waals surface area contributed by atoms with Gasteiger partial charge in [-0.1, -0.05) is 32.9 Å². The number of rotatable bonds is 4. The van der Waals surface area contributed by atoms with E-state index in [-0.39, 0.29) is 28.5 Å². The van der Waals surface area contributed by atoms with E-state index in [1.807, 2.05) is 50.8 Å². The van der Waals surface area contributed by atoms with Gasteiger partial charge in [0, 0.05) is 31.6 Å². The molecule has 1 aliphatic heterocycles. The number of hydrogen-bond acceptors (Lipinski definition) is 6. The van der Waals surface area contributed by atoms with Crippen molar-refractivity contribution >= 4 is 22.6 Å². The van der Waals surface area contributed by atoms with Gasteiger partial charge in [0.2, 0.25) is 0 Å². The van der Waals surface area contributed by atoms with Crippen LogP contribution in [0.25, 0.3) is 22.3 Å². The molecule has 2 N–H and O–H groups in total. The first-order chi connectivity index (χ1) is 16.0. The van der Waals surface area contributed by atoms with Gasteiger partial charge in [-0.05, 0) is 48.6 Å². The minimum Gasteiger partial charge on any atom is -0.507 e. The van der Waals surface area contributed by atoms with E-state index in [0.717, 1.165) is 10.9 Å². The number of aryl methyl sites for hydroxylation is 1. The number of aromatic hydroxyl groups is 1. The fourth-order valence-corrected chi connectivity index (χ4v) is 4.33. The van der Waals surface area contributed by atoms with Crippen molar-refractivity contribution in [2.24, 2.45) is 5.41 Å². The van der Waals surface area contributed by atoms with Crippen molar-refractivity contribution in [1.82, 2.24) is 14.9 Å². The third-order valence-electron chi connectivity index (χ3n) is 6.03. The number of nitrogens with zero attached hydrogens (tertiary/aromatic N) is 4. The summed E-state index contributed by atoms with van der Waals surface area (Å²) in [6, 6.07) is 9.93. The summed E-state index contributed by atoms with van der Waals surface area (Å²) in [7, 11) is 0. The maximum absolute atomic E-state index is 14.6. The number of carbonyl (C=O) groups is 1. The zero-order chi connectivity index (χ0) is 24.6. The fraction of sp³-hybridized carbons (Fsp3) is 0.423. The van der Waals surface area contributed by atoms with E-state index in [9.17, 15) is 19.4 Å². The number of aromatic nitrogens is 2. The number of aliphatic hydroxyl groups excluding tert-OH is 1. The van der Waals surface area contributed by atoms with Gasteiger partial charge in [-0.15, -0.1) is 0 Å². The maximum atomic E-state index is 14.6. The van der Waals surface area contributed by atoms with Crippen molar-refractivity contribution < 1.29 is 19.4 Å². The lowest BCUT2D eigenvalue weighted by atomic mass is 9.89. The Morgan fingerprint density at radius 2 is 1.82 bits per heavy atom. The first-order valence-electron chi connectivity index (χ1n) is 11.5. The second-order valence-corrected chi connectivity index (χ2v) is 10.1. The summed E-state index contributed by atoms with van der Waals surface area (Å²) in [6.07, 6.45) is -0.623. The lowest BCUT2D eigenvalue weighted by molar-refractivity contribution is -0.142. The summed E-state index contributed by atoms with van der Waals surface area (Å²) < 4.78 is 14.6. The fourth-order valence-electron chi connectivity index (χ4n) is 4.33. The maximum Gasteiger partial charge on any atom is 0.251 e. The van der Waals surface area contributed by atoms with Gasteiger partial charge in [-0.25, -0.2) is 14.4 Å². The van der Waals surface area contributed by atoms with Gasteiger partial charge >= 0.3 is 0 Å². The van der Waals surface area contributed by atoms with Gasteiger partial charge in [0.15, 0.2) is 5.82 Å². The average molecular weight is 467 g/mol. The van der Waals surface area contributed by atoms with E-state index in [1.165, 1.54) is 18.2 Å². The minimum atomic E-state index is -1.02. The molecule has 1 amide bonds. The molecular formula is C26H31FN4O3. The van der Waals surface area contributed by atoms with Gasteiger partial charge in [-0.3, -0.25) is 4.79 Å². The molecule has 0 aliphatic carbocycles. The molecule has 4 rings (SSSR count). The molecule has 7 nitrogen and oxygen atoms in total. The second kappa shape index (κ2) is 9.18. The van der Waals surface area contributed by atoms with Crippen molar-refractivity contribution in [3.8, 4) is 17.1 Å². The highest BCUT2D eigenvalue weighted by Gasteiger charge is 2.30. The zero-order valence-corrected chi connectivity index (χ0v) is 20.0. The molecule has 0 unspecified atom stereocenters. The predicted molar refractivity (Wildman–Crippen MR) is 130 cm³/mol. The van der Waals surface area contributed by atoms with Gasteiger partial charge in [0.05, 0.1) is 11.1 Å². The Bertz CT molecular complexity index is 1200. The third kappa shape index (κ3) is 4.97. The molecule has 1 aromatic heterocycles. The number of piperazine rings is 1. The summed E-state index contributed by atoms with van der Waals surface area (Å²) in [4.78, 5) is 25.7. The van der Waals surface area contributed by atoms with Gasteiger partial charge in [0.1, 0.15) is 23.5 Å². The average Bonchev–Trinajstić information content (AvgIpc) is 2.76. The largest absolute Gasteiger partial charge is 0.507 e. The molecule has 2 heterocycles. The Kier molecular flexibility index (Phi) is 6.45. The van der Waals surface area contributed by atoms with Gasteiger partial charge in [-0.2, -0.15) is 0 Å². The van der Waals surface area contributed by atoms with E-state index in [2.05, 4.69) is 9.97 Å². The first-order valence-corrected chi connectivity index (χ1v) is 11.5. The Balaban J connectivity index is 1.64. The number of fused-ring (bicyclic) bond motifs is 1. The Morgan fingerprint density at radius 1 is 1.12 bits per heavy atom. The van der Waals surface area contributed by atoms with Crippen molar-refractivity contribution in [3.63, 3.8) is 0 Å². The molecule has 180 valence electrons. The molecule has 8 heteroatoms. The van der Waals surface area contributed by atoms with E-state index in [4.69, 9.17) is 0 Å². The quantitative estimate of drug-likeness (QED) is 0.606. The number of phenolic OH excluding ortho intramolecular Hbond substituents is 1. The number of amides is 1. The Labute approximate surface area is 198 Å². The molecule has 0 radical (unpaired) electrons. The number of anilines is 1. The van der Waals surface area contributed by atoms with E-state index in [1.54, 1.807) is 4.90 Å². The van der Waals surface area contributed by atoms with E-state index >= 15 is 0 Å². The van der Waals surface area contributed by atoms with Crippen LogP contribution in [0.3, 0.4) is 0 Å². The number of halogens is 1. The van der Waals surface area contributed by atoms with Crippen molar-refractivity contribution in [1.29, 1.82) is 0 Å². The van der Waals surface area contributed by atoms with Crippen LogP contribution in [-0.4, -0.2) is 63.3 Å². The second-order valence-electron chi connectivity index (χ2n) is 10.1. The van der Waals surface area contributed by atoms with E-state index < -0.39 is 11.9 Å². The highest BCUT2D eigenvalue weighted by molar-refractivity contribution is 5.92. The highest BCUT2D eigenvalue weighted by Crippen LogP contribution is 2.34. The summed E-state index contributed by atoms with van der Waals surface area (Å²) in [5.41, 5.74) is 1.47. The first kappa shape index (κ1) is 23.9. The smallest absolute Gasteiger partial charge is 0.251 e. The predicted octanol–water partition coefficient (Wildman–Crippen LogP) is 3.90. The molecule has 0 saturated carbocycles. The van der Waals surface area contributed by atoms with Crippen LogP contribution in [-0.2, 0) is 4.79 Å². The van der Waals surface area contributed by atoms with Crippen LogP contribution in [0.15, 0.2) is 36.4 Å². The van der Waals surface area contributed by atoms with Crippen molar-refractivity contribution in [2.45, 2.75) is 40.2 Å². The minimum absolute atomic E-state index is 0.0359. The van der Waals surface area contributed by atoms with Crippen LogP contribution in [0.4, 0.5) is 10.2 Å². The molecule has 1 atom stereocenters. The standard InChI is InChI=1S/C26H31FN4O3/c1-16-8-9-17-19(14-16)28-23(22-18(27)6-5-7-20(22)32)29-24(17)30-10-12-31(13-11-30)25(34)21(33)15-26(2,3)4/h5-9,14,21,32-33H,10-13,15H2,1-4H3/t21-/m0/s1.